The molecular weight excluding hydrogens is 688 g/mol. The van der Waals surface area contributed by atoms with Crippen molar-refractivity contribution in [3.05, 3.63) is 81.4 Å². The number of rotatable bonds is 9. The number of nitriles is 1. The van der Waals surface area contributed by atoms with Crippen LogP contribution in [-0.4, -0.2) is 55.1 Å². The van der Waals surface area contributed by atoms with Crippen molar-refractivity contribution in [1.29, 1.82) is 5.26 Å². The van der Waals surface area contributed by atoms with Crippen LogP contribution >= 0.6 is 23.2 Å². The summed E-state index contributed by atoms with van der Waals surface area (Å²) in [4.78, 5) is 25.2. The summed E-state index contributed by atoms with van der Waals surface area (Å²) in [7, 11) is 1.95. The minimum absolute atomic E-state index is 0.0560. The average molecular weight is 727 g/mol. The van der Waals surface area contributed by atoms with Gasteiger partial charge < -0.3 is 24.1 Å². The molecule has 5 fully saturated rings. The predicted octanol–water partition coefficient (Wildman–Crippen LogP) is 7.60. The van der Waals surface area contributed by atoms with Gasteiger partial charge in [0.2, 0.25) is 5.91 Å². The highest BCUT2D eigenvalue weighted by Crippen LogP contribution is 2.51. The molecule has 0 radical (unpaired) electrons. The molecule has 262 valence electrons. The number of nitrogens with one attached hydrogen (secondary N) is 1. The standard InChI is InChI=1S/C39H38Cl2FN7O2/c1-20-27-14-32(31-13-25(17-48(31)39(50)21-8-9-21)51-18-24-16-44-19-47(24)2)49(37-23-12-30(37)45-15-23)38(27)28-11-22(5-4-10-43)33(35(42)36(28)46-20)26-6-3-7-29(40)34(26)41/h3,6-7,11,14,16,19,21,23,25,30-31,37,45H,4-5,8-9,12-13,15,17-18H2,1-2H3. The second-order valence-corrected chi connectivity index (χ2v) is 15.5. The van der Waals surface area contributed by atoms with Crippen LogP contribution in [0.15, 0.2) is 42.9 Å². The third-order valence-corrected chi connectivity index (χ3v) is 12.4. The Morgan fingerprint density at radius 3 is 2.75 bits per heavy atom. The Hall–Kier alpha value is -4.01. The van der Waals surface area contributed by atoms with E-state index in [1.54, 1.807) is 24.5 Å². The molecule has 2 aliphatic carbocycles. The van der Waals surface area contributed by atoms with Gasteiger partial charge in [-0.2, -0.15) is 5.26 Å². The van der Waals surface area contributed by atoms with E-state index in [1.807, 2.05) is 35.7 Å². The molecule has 9 nitrogen and oxygen atoms in total. The van der Waals surface area contributed by atoms with Gasteiger partial charge in [-0.15, -0.1) is 0 Å². The Morgan fingerprint density at radius 2 is 2.04 bits per heavy atom. The third-order valence-electron chi connectivity index (χ3n) is 11.6. The molecule has 3 saturated heterocycles. The normalized spacial score (nSPS) is 24.1. The topological polar surface area (TPSA) is 101 Å². The molecule has 1 N–H and O–H groups in total. The van der Waals surface area contributed by atoms with Crippen LogP contribution in [0.1, 0.15) is 66.8 Å². The summed E-state index contributed by atoms with van der Waals surface area (Å²) in [5, 5.41) is 15.5. The molecular formula is C39H38Cl2FN7O2. The fraction of sp³-hybridized carbons (Fsp3) is 0.436. The number of likely N-dealkylation sites (tertiary alicyclic amines) is 1. The van der Waals surface area contributed by atoms with E-state index in [-0.39, 0.29) is 53.0 Å². The zero-order valence-corrected chi connectivity index (χ0v) is 30.0. The van der Waals surface area contributed by atoms with Gasteiger partial charge in [-0.1, -0.05) is 35.3 Å². The van der Waals surface area contributed by atoms with E-state index in [4.69, 9.17) is 32.9 Å². The molecule has 5 aliphatic rings. The molecule has 2 bridgehead atoms. The van der Waals surface area contributed by atoms with E-state index < -0.39 is 5.82 Å². The maximum Gasteiger partial charge on any atom is 0.226 e. The number of hydrogen-bond donors (Lipinski definition) is 1. The Labute approximate surface area is 305 Å². The zero-order chi connectivity index (χ0) is 35.1. The van der Waals surface area contributed by atoms with Crippen molar-refractivity contribution in [3.8, 4) is 17.2 Å². The quantitative estimate of drug-likeness (QED) is 0.168. The maximum atomic E-state index is 17.2. The molecule has 2 aromatic carbocycles. The third kappa shape index (κ3) is 5.35. The predicted molar refractivity (Wildman–Crippen MR) is 194 cm³/mol. The van der Waals surface area contributed by atoms with Crippen LogP contribution in [0, 0.1) is 35.9 Å². The number of halogens is 3. The van der Waals surface area contributed by atoms with Gasteiger partial charge in [-0.25, -0.2) is 14.4 Å². The van der Waals surface area contributed by atoms with E-state index in [9.17, 15) is 10.1 Å². The second-order valence-electron chi connectivity index (χ2n) is 14.7. The molecule has 5 aromatic rings. The molecule has 10 rings (SSSR count). The van der Waals surface area contributed by atoms with E-state index in [0.717, 1.165) is 48.1 Å². The van der Waals surface area contributed by atoms with Gasteiger partial charge in [0.05, 0.1) is 64.6 Å². The van der Waals surface area contributed by atoms with Crippen LogP contribution < -0.4 is 5.32 Å². The summed E-state index contributed by atoms with van der Waals surface area (Å²) in [5.74, 6) is 0.186. The average Bonchev–Trinajstić information content (AvgIpc) is 3.55. The van der Waals surface area contributed by atoms with Crippen molar-refractivity contribution in [3.63, 3.8) is 0 Å². The first-order valence-corrected chi connectivity index (χ1v) is 18.6. The van der Waals surface area contributed by atoms with Gasteiger partial charge >= 0.3 is 0 Å². The van der Waals surface area contributed by atoms with Gasteiger partial charge in [0, 0.05) is 78.2 Å². The monoisotopic (exact) mass is 725 g/mol. The number of benzene rings is 2. The summed E-state index contributed by atoms with van der Waals surface area (Å²) in [6, 6.07) is 11.9. The number of nitrogens with zero attached hydrogens (tertiary/aromatic N) is 6. The number of carbonyl (C=O) groups excluding carboxylic acids is 1. The Morgan fingerprint density at radius 1 is 1.20 bits per heavy atom. The number of carbonyl (C=O) groups is 1. The summed E-state index contributed by atoms with van der Waals surface area (Å²) in [6.07, 6.45) is 7.55. The van der Waals surface area contributed by atoms with Crippen LogP contribution in [0.25, 0.3) is 32.9 Å². The number of imidazole rings is 1. The first kappa shape index (κ1) is 32.9. The van der Waals surface area contributed by atoms with Crippen molar-refractivity contribution in [2.45, 2.75) is 76.3 Å². The van der Waals surface area contributed by atoms with E-state index in [2.05, 4.69) is 27.0 Å². The number of hydrogen-bond acceptors (Lipinski definition) is 6. The lowest BCUT2D eigenvalue weighted by molar-refractivity contribution is -0.134. The molecule has 2 saturated carbocycles. The van der Waals surface area contributed by atoms with E-state index in [1.165, 1.54) is 0 Å². The largest absolute Gasteiger partial charge is 0.370 e. The SMILES string of the molecule is Cc1nc2c(F)c(-c3cccc(Cl)c3Cl)c(CCC#N)cc2c2c1cc(C1CC(OCc3cncn3C)CN1C(=O)C1CC1)n2C1C2CNC1C2. The minimum atomic E-state index is -0.478. The fourth-order valence-corrected chi connectivity index (χ4v) is 9.23. The smallest absolute Gasteiger partial charge is 0.226 e. The maximum absolute atomic E-state index is 17.2. The van der Waals surface area contributed by atoms with Crippen molar-refractivity contribution < 1.29 is 13.9 Å². The van der Waals surface area contributed by atoms with Gasteiger partial charge in [-0.3, -0.25) is 4.79 Å². The van der Waals surface area contributed by atoms with Crippen LogP contribution in [0.3, 0.4) is 0 Å². The Bertz CT molecular complexity index is 2260. The highest BCUT2D eigenvalue weighted by atomic mass is 35.5. The van der Waals surface area contributed by atoms with Gasteiger partial charge in [-0.05, 0) is 62.3 Å². The summed E-state index contributed by atoms with van der Waals surface area (Å²) in [5.41, 5.74) is 5.40. The molecule has 12 heteroatoms. The molecule has 51 heavy (non-hydrogen) atoms. The summed E-state index contributed by atoms with van der Waals surface area (Å²) in [6.45, 7) is 3.78. The van der Waals surface area contributed by atoms with Crippen LogP contribution in [0.4, 0.5) is 4.39 Å². The first-order chi connectivity index (χ1) is 24.7. The first-order valence-electron chi connectivity index (χ1n) is 17.8. The fourth-order valence-electron chi connectivity index (χ4n) is 8.83. The number of aryl methyl sites for hydroxylation is 3. The highest BCUT2D eigenvalue weighted by Gasteiger charge is 2.51. The lowest BCUT2D eigenvalue weighted by atomic mass is 9.79. The summed E-state index contributed by atoms with van der Waals surface area (Å²) >= 11 is 13.1. The van der Waals surface area contributed by atoms with Crippen LogP contribution in [-0.2, 0) is 29.6 Å². The lowest BCUT2D eigenvalue weighted by Gasteiger charge is -2.39. The molecule has 6 heterocycles. The second kappa shape index (κ2) is 12.6. The number of pyridine rings is 1. The molecule has 5 unspecified atom stereocenters. The highest BCUT2D eigenvalue weighted by molar-refractivity contribution is 6.43. The van der Waals surface area contributed by atoms with E-state index >= 15 is 4.39 Å². The molecule has 5 atom stereocenters. The molecule has 3 aliphatic heterocycles. The van der Waals surface area contributed by atoms with E-state index in [0.29, 0.717) is 64.7 Å². The van der Waals surface area contributed by atoms with Crippen LogP contribution in [0.5, 0.6) is 0 Å². The number of aromatic nitrogens is 4. The summed E-state index contributed by atoms with van der Waals surface area (Å²) < 4.78 is 28.0. The molecule has 1 amide bonds. The van der Waals surface area contributed by atoms with Crippen molar-refractivity contribution in [2.24, 2.45) is 18.9 Å². The number of amides is 1. The molecule has 3 aromatic heterocycles. The molecule has 0 spiro atoms. The van der Waals surface area contributed by atoms with Crippen molar-refractivity contribution >= 4 is 50.9 Å². The number of fused-ring (bicyclic) bond motifs is 4. The Kier molecular flexibility index (Phi) is 8.11. The lowest BCUT2D eigenvalue weighted by Crippen LogP contribution is -2.41. The van der Waals surface area contributed by atoms with Crippen molar-refractivity contribution in [1.82, 2.24) is 29.3 Å². The van der Waals surface area contributed by atoms with Gasteiger partial charge in [0.1, 0.15) is 5.52 Å². The Balaban J connectivity index is 1.24. The van der Waals surface area contributed by atoms with Crippen molar-refractivity contribution in [2.75, 3.05) is 13.1 Å². The zero-order valence-electron chi connectivity index (χ0n) is 28.5. The van der Waals surface area contributed by atoms with Gasteiger partial charge in [0.25, 0.3) is 0 Å². The van der Waals surface area contributed by atoms with Gasteiger partial charge in [0.15, 0.2) is 5.82 Å². The minimum Gasteiger partial charge on any atom is -0.370 e. The van der Waals surface area contributed by atoms with Crippen LogP contribution in [0.2, 0.25) is 10.0 Å². The number of ether oxygens (including phenoxy) is 1.